The van der Waals surface area contributed by atoms with E-state index in [0.29, 0.717) is 11.1 Å². The molecule has 0 bridgehead atoms. The van der Waals surface area contributed by atoms with Gasteiger partial charge in [-0.15, -0.1) is 0 Å². The third kappa shape index (κ3) is 6.92. The van der Waals surface area contributed by atoms with Crippen molar-refractivity contribution in [1.82, 2.24) is 4.57 Å². The minimum atomic E-state index is 0.572. The lowest BCUT2D eigenvalue weighted by molar-refractivity contribution is 0.415. The number of anilines is 3. The highest BCUT2D eigenvalue weighted by molar-refractivity contribution is 7.99. The number of methoxy groups -OCH3 is 2. The Kier molecular flexibility index (Phi) is 9.89. The Balaban J connectivity index is 1.28. The van der Waals surface area contributed by atoms with Crippen molar-refractivity contribution in [3.63, 3.8) is 0 Å². The summed E-state index contributed by atoms with van der Waals surface area (Å²) in [5, 5.41) is 22.1. The number of nitriles is 2. The van der Waals surface area contributed by atoms with E-state index in [0.717, 1.165) is 110 Å². The zero-order valence-corrected chi connectivity index (χ0v) is 36.3. The fourth-order valence-corrected chi connectivity index (χ4v) is 10.1. The van der Waals surface area contributed by atoms with Gasteiger partial charge in [0.25, 0.3) is 0 Å². The highest BCUT2D eigenvalue weighted by atomic mass is 32.2. The summed E-state index contributed by atoms with van der Waals surface area (Å²) in [6.07, 6.45) is 0. The Bertz CT molecular complexity index is 3320. The summed E-state index contributed by atoms with van der Waals surface area (Å²) >= 11 is 1.78. The summed E-state index contributed by atoms with van der Waals surface area (Å²) in [6, 6.07) is 71.8. The van der Waals surface area contributed by atoms with Gasteiger partial charge in [-0.1, -0.05) is 109 Å². The SMILES string of the molecule is COc1ccc2c3ccc(OC)cc3n(-c3c(-c4ccc(C#N)cc4)cc(N4c5cc(-c6ccccc6)ccc5Sc5ccc(-c6ccccc6)cc54)cc3-c3ccc(C#N)cc3)c2c1. The first kappa shape index (κ1) is 39.4. The fourth-order valence-electron chi connectivity index (χ4n) is 9.05. The molecule has 7 heteroatoms. The van der Waals surface area contributed by atoms with Crippen molar-refractivity contribution >= 4 is 50.6 Å². The monoisotopic (exact) mass is 854 g/mol. The molecular formula is C58H38N4O2S. The maximum atomic E-state index is 9.98. The molecule has 0 fully saturated rings. The lowest BCUT2D eigenvalue weighted by Crippen LogP contribution is -2.16. The first-order valence-electron chi connectivity index (χ1n) is 21.2. The number of rotatable bonds is 8. The molecule has 0 saturated heterocycles. The molecule has 0 N–H and O–H groups in total. The van der Waals surface area contributed by atoms with E-state index in [2.05, 4.69) is 143 Å². The maximum absolute atomic E-state index is 9.98. The van der Waals surface area contributed by atoms with E-state index in [1.54, 1.807) is 26.0 Å². The van der Waals surface area contributed by atoms with Crippen molar-refractivity contribution in [2.24, 2.45) is 0 Å². The van der Waals surface area contributed by atoms with E-state index in [-0.39, 0.29) is 0 Å². The normalized spacial score (nSPS) is 11.7. The predicted molar refractivity (Wildman–Crippen MR) is 264 cm³/mol. The molecule has 0 spiro atoms. The van der Waals surface area contributed by atoms with Gasteiger partial charge >= 0.3 is 0 Å². The lowest BCUT2D eigenvalue weighted by Gasteiger charge is -2.35. The van der Waals surface area contributed by atoms with Gasteiger partial charge in [0, 0.05) is 49.5 Å². The lowest BCUT2D eigenvalue weighted by atomic mass is 9.92. The Labute approximate surface area is 381 Å². The van der Waals surface area contributed by atoms with E-state index in [1.807, 2.05) is 72.8 Å². The topological polar surface area (TPSA) is 74.2 Å². The Morgan fingerprint density at radius 3 is 1.28 bits per heavy atom. The van der Waals surface area contributed by atoms with Crippen LogP contribution < -0.4 is 14.4 Å². The number of hydrogen-bond donors (Lipinski definition) is 0. The van der Waals surface area contributed by atoms with Crippen LogP contribution in [0, 0.1) is 22.7 Å². The molecule has 0 atom stereocenters. The largest absolute Gasteiger partial charge is 0.497 e. The van der Waals surface area contributed by atoms with E-state index >= 15 is 0 Å². The standard InChI is InChI=1S/C58H38N4O2S/c1-63-46-23-25-48-49-26-24-47(64-2)34-53(49)62(52(48)33-46)58-50(41-17-13-37(35-59)14-18-41)31-45(32-51(58)42-19-15-38(36-60)16-20-42)61-54-29-43(39-9-5-3-6-10-39)21-27-56(54)65-57-28-22-44(30-55(57)61)40-11-7-4-8-12-40/h3-34H,1-2H3. The van der Waals surface area contributed by atoms with Gasteiger partial charge in [0.15, 0.2) is 0 Å². The number of hydrogen-bond acceptors (Lipinski definition) is 6. The molecule has 0 aliphatic carbocycles. The quantitative estimate of drug-likeness (QED) is 0.152. The van der Waals surface area contributed by atoms with Crippen LogP contribution in [0.15, 0.2) is 204 Å². The van der Waals surface area contributed by atoms with E-state index in [4.69, 9.17) is 9.47 Å². The molecule has 0 unspecified atom stereocenters. The van der Waals surface area contributed by atoms with Gasteiger partial charge in [-0.25, -0.2) is 0 Å². The molecule has 11 rings (SSSR count). The Morgan fingerprint density at radius 2 is 0.862 bits per heavy atom. The second-order valence-corrected chi connectivity index (χ2v) is 17.0. The summed E-state index contributed by atoms with van der Waals surface area (Å²) < 4.78 is 14.1. The average Bonchev–Trinajstić information content (AvgIpc) is 3.70. The third-order valence-electron chi connectivity index (χ3n) is 12.2. The summed E-state index contributed by atoms with van der Waals surface area (Å²) in [5.74, 6) is 1.46. The van der Waals surface area contributed by atoms with Crippen LogP contribution in [0.2, 0.25) is 0 Å². The average molecular weight is 855 g/mol. The van der Waals surface area contributed by atoms with Crippen molar-refractivity contribution < 1.29 is 9.47 Å². The molecule has 308 valence electrons. The molecule has 9 aromatic carbocycles. The molecule has 2 heterocycles. The second kappa shape index (κ2) is 16.3. The fraction of sp³-hybridized carbons (Fsp3) is 0.0345. The molecule has 0 amide bonds. The zero-order valence-electron chi connectivity index (χ0n) is 35.5. The van der Waals surface area contributed by atoms with E-state index < -0.39 is 0 Å². The first-order chi connectivity index (χ1) is 32.0. The van der Waals surface area contributed by atoms with Gasteiger partial charge in [-0.2, -0.15) is 10.5 Å². The van der Waals surface area contributed by atoms with Crippen LogP contribution in [-0.4, -0.2) is 18.8 Å². The Hall–Kier alpha value is -8.49. The van der Waals surface area contributed by atoms with Gasteiger partial charge in [-0.05, 0) is 118 Å². The summed E-state index contributed by atoms with van der Waals surface area (Å²) in [7, 11) is 3.38. The van der Waals surface area contributed by atoms with Crippen molar-refractivity contribution in [1.29, 1.82) is 10.5 Å². The summed E-state index contributed by atoms with van der Waals surface area (Å²) in [4.78, 5) is 4.67. The minimum absolute atomic E-state index is 0.572. The van der Waals surface area contributed by atoms with Gasteiger partial charge in [0.1, 0.15) is 11.5 Å². The van der Waals surface area contributed by atoms with Crippen molar-refractivity contribution in [3.05, 3.63) is 205 Å². The number of fused-ring (bicyclic) bond motifs is 5. The number of aromatic nitrogens is 1. The molecule has 0 radical (unpaired) electrons. The third-order valence-corrected chi connectivity index (χ3v) is 13.4. The van der Waals surface area contributed by atoms with Crippen LogP contribution in [0.3, 0.4) is 0 Å². The number of nitrogens with zero attached hydrogens (tertiary/aromatic N) is 4. The van der Waals surface area contributed by atoms with Crippen LogP contribution in [0.5, 0.6) is 11.5 Å². The zero-order chi connectivity index (χ0) is 44.0. The molecule has 6 nitrogen and oxygen atoms in total. The van der Waals surface area contributed by atoms with E-state index in [9.17, 15) is 10.5 Å². The van der Waals surface area contributed by atoms with Crippen LogP contribution in [0.4, 0.5) is 17.1 Å². The van der Waals surface area contributed by atoms with Gasteiger partial charge in [0.05, 0.1) is 65.6 Å². The molecule has 0 saturated carbocycles. The summed E-state index contributed by atoms with van der Waals surface area (Å²) in [6.45, 7) is 0. The number of benzene rings is 9. The van der Waals surface area contributed by atoms with Crippen LogP contribution >= 0.6 is 11.8 Å². The van der Waals surface area contributed by atoms with Gasteiger partial charge in [-0.3, -0.25) is 0 Å². The molecule has 1 aliphatic heterocycles. The summed E-state index contributed by atoms with van der Waals surface area (Å²) in [5.41, 5.74) is 15.3. The van der Waals surface area contributed by atoms with Crippen molar-refractivity contribution in [2.75, 3.05) is 19.1 Å². The smallest absolute Gasteiger partial charge is 0.120 e. The predicted octanol–water partition coefficient (Wildman–Crippen LogP) is 15.1. The molecule has 1 aliphatic rings. The second-order valence-electron chi connectivity index (χ2n) is 15.9. The highest BCUT2D eigenvalue weighted by Crippen LogP contribution is 2.55. The minimum Gasteiger partial charge on any atom is -0.497 e. The highest BCUT2D eigenvalue weighted by Gasteiger charge is 2.29. The van der Waals surface area contributed by atoms with E-state index in [1.165, 1.54) is 0 Å². The molecule has 10 aromatic rings. The van der Waals surface area contributed by atoms with Gasteiger partial charge in [0.2, 0.25) is 0 Å². The van der Waals surface area contributed by atoms with Crippen LogP contribution in [-0.2, 0) is 0 Å². The van der Waals surface area contributed by atoms with Crippen LogP contribution in [0.1, 0.15) is 11.1 Å². The molecule has 1 aromatic heterocycles. The molecular weight excluding hydrogens is 817 g/mol. The van der Waals surface area contributed by atoms with Crippen molar-refractivity contribution in [3.8, 4) is 73.8 Å². The first-order valence-corrected chi connectivity index (χ1v) is 22.1. The Morgan fingerprint density at radius 1 is 0.431 bits per heavy atom. The van der Waals surface area contributed by atoms with Crippen molar-refractivity contribution in [2.45, 2.75) is 9.79 Å². The maximum Gasteiger partial charge on any atom is 0.120 e. The van der Waals surface area contributed by atoms with Crippen LogP contribution in [0.25, 0.3) is 72.0 Å². The number of ether oxygens (including phenoxy) is 2. The van der Waals surface area contributed by atoms with Gasteiger partial charge < -0.3 is 18.9 Å². The molecule has 65 heavy (non-hydrogen) atoms.